The van der Waals surface area contributed by atoms with Gasteiger partial charge in [-0.25, -0.2) is 0 Å². The van der Waals surface area contributed by atoms with Crippen molar-refractivity contribution in [3.63, 3.8) is 0 Å². The van der Waals surface area contributed by atoms with E-state index in [9.17, 15) is 14.7 Å². The van der Waals surface area contributed by atoms with Gasteiger partial charge in [-0.05, 0) is 37.3 Å². The second-order valence-electron chi connectivity index (χ2n) is 6.76. The van der Waals surface area contributed by atoms with Crippen molar-refractivity contribution < 1.29 is 19.4 Å². The quantitative estimate of drug-likeness (QED) is 0.866. The molecule has 1 aromatic rings. The lowest BCUT2D eigenvalue weighted by atomic mass is 9.75. The predicted octanol–water partition coefficient (Wildman–Crippen LogP) is 3.00. The molecule has 5 nitrogen and oxygen atoms in total. The number of hydrogen-bond acceptors (Lipinski definition) is 4. The van der Waals surface area contributed by atoms with Gasteiger partial charge in [0.05, 0.1) is 16.9 Å². The fourth-order valence-corrected chi connectivity index (χ4v) is 4.42. The molecule has 1 N–H and O–H groups in total. The number of carbonyl (C=O) groups is 2. The lowest BCUT2D eigenvalue weighted by Gasteiger charge is -2.40. The number of thiophene rings is 1. The van der Waals surface area contributed by atoms with Gasteiger partial charge in [-0.1, -0.05) is 12.8 Å². The highest BCUT2D eigenvalue weighted by Gasteiger charge is 2.46. The van der Waals surface area contributed by atoms with Crippen molar-refractivity contribution in [3.05, 3.63) is 21.9 Å². The van der Waals surface area contributed by atoms with Gasteiger partial charge in [-0.2, -0.15) is 0 Å². The van der Waals surface area contributed by atoms with Gasteiger partial charge in [0.25, 0.3) is 5.91 Å². The summed E-state index contributed by atoms with van der Waals surface area (Å²) in [5.41, 5.74) is -0.748. The van der Waals surface area contributed by atoms with Gasteiger partial charge in [0, 0.05) is 25.1 Å². The highest BCUT2D eigenvalue weighted by Crippen LogP contribution is 2.45. The fraction of sp³-hybridized carbons (Fsp3) is 0.647. The first-order chi connectivity index (χ1) is 11.0. The Kier molecular flexibility index (Phi) is 4.73. The van der Waals surface area contributed by atoms with E-state index in [0.29, 0.717) is 43.3 Å². The van der Waals surface area contributed by atoms with E-state index in [1.165, 1.54) is 11.3 Å². The first kappa shape index (κ1) is 16.5. The van der Waals surface area contributed by atoms with Crippen molar-refractivity contribution >= 4 is 23.2 Å². The molecule has 2 heterocycles. The summed E-state index contributed by atoms with van der Waals surface area (Å²) in [6, 6.07) is 3.72. The molecule has 1 saturated carbocycles. The second-order valence-corrected chi connectivity index (χ2v) is 7.93. The molecule has 0 spiro atoms. The molecule has 1 aliphatic carbocycles. The van der Waals surface area contributed by atoms with Gasteiger partial charge in [-0.15, -0.1) is 11.3 Å². The molecule has 0 radical (unpaired) electrons. The second kappa shape index (κ2) is 6.61. The molecule has 126 valence electrons. The van der Waals surface area contributed by atoms with Gasteiger partial charge in [0.1, 0.15) is 0 Å². The minimum Gasteiger partial charge on any atom is -0.481 e. The molecule has 1 amide bonds. The van der Waals surface area contributed by atoms with Crippen LogP contribution in [0.1, 0.15) is 46.7 Å². The summed E-state index contributed by atoms with van der Waals surface area (Å²) >= 11 is 1.43. The van der Waals surface area contributed by atoms with Crippen LogP contribution in [0.3, 0.4) is 0 Å². The van der Waals surface area contributed by atoms with Gasteiger partial charge in [0.15, 0.2) is 0 Å². The van der Waals surface area contributed by atoms with Gasteiger partial charge in [-0.3, -0.25) is 9.59 Å². The first-order valence-corrected chi connectivity index (χ1v) is 8.96. The van der Waals surface area contributed by atoms with Crippen LogP contribution < -0.4 is 0 Å². The number of hydrogen-bond donors (Lipinski definition) is 1. The lowest BCUT2D eigenvalue weighted by Crippen LogP contribution is -2.50. The molecule has 1 aromatic heterocycles. The van der Waals surface area contributed by atoms with Crippen LogP contribution >= 0.6 is 11.3 Å². The fourth-order valence-electron chi connectivity index (χ4n) is 3.48. The molecule has 1 aliphatic heterocycles. The molecule has 3 rings (SSSR count). The third-order valence-corrected chi connectivity index (χ3v) is 5.90. The van der Waals surface area contributed by atoms with Crippen LogP contribution in [0.15, 0.2) is 12.1 Å². The molecule has 2 aliphatic rings. The Morgan fingerprint density at radius 1 is 1.43 bits per heavy atom. The van der Waals surface area contributed by atoms with Gasteiger partial charge < -0.3 is 14.7 Å². The molecule has 2 fully saturated rings. The molecule has 1 unspecified atom stereocenters. The Bertz CT molecular complexity index is 595. The van der Waals surface area contributed by atoms with E-state index < -0.39 is 11.4 Å². The number of amides is 1. The number of carboxylic acid groups (broad SMARTS) is 1. The largest absolute Gasteiger partial charge is 0.481 e. The Morgan fingerprint density at radius 3 is 2.87 bits per heavy atom. The predicted molar refractivity (Wildman–Crippen MR) is 87.6 cm³/mol. The highest BCUT2D eigenvalue weighted by molar-refractivity contribution is 7.14. The zero-order chi connectivity index (χ0) is 16.4. The number of methoxy groups -OCH3 is 1. The van der Waals surface area contributed by atoms with Crippen LogP contribution in [0.4, 0.5) is 0 Å². The minimum atomic E-state index is -0.748. The molecule has 6 heteroatoms. The third-order valence-electron chi connectivity index (χ3n) is 4.85. The summed E-state index contributed by atoms with van der Waals surface area (Å²) in [6.45, 7) is 1.49. The Labute approximate surface area is 140 Å². The average Bonchev–Trinajstić information content (AvgIpc) is 3.22. The number of carboxylic acids is 1. The maximum atomic E-state index is 12.7. The van der Waals surface area contributed by atoms with Gasteiger partial charge in [0.2, 0.25) is 0 Å². The Morgan fingerprint density at radius 2 is 2.22 bits per heavy atom. The van der Waals surface area contributed by atoms with Crippen LogP contribution in [0, 0.1) is 11.3 Å². The zero-order valence-corrected chi connectivity index (χ0v) is 14.2. The van der Waals surface area contributed by atoms with E-state index in [4.69, 9.17) is 4.74 Å². The minimum absolute atomic E-state index is 0.0431. The summed E-state index contributed by atoms with van der Waals surface area (Å²) in [6.07, 6.45) is 4.43. The van der Waals surface area contributed by atoms with Gasteiger partial charge >= 0.3 is 5.97 Å². The normalized spacial score (nSPS) is 24.7. The number of nitrogens with zero attached hydrogens (tertiary/aromatic N) is 1. The topological polar surface area (TPSA) is 66.8 Å². The van der Waals surface area contributed by atoms with Crippen LogP contribution in [0.5, 0.6) is 0 Å². The van der Waals surface area contributed by atoms with Crippen molar-refractivity contribution in [2.45, 2.75) is 38.7 Å². The number of ether oxygens (including phenoxy) is 1. The molecular weight excluding hydrogens is 314 g/mol. The number of piperidine rings is 1. The van der Waals surface area contributed by atoms with Crippen LogP contribution in [-0.2, 0) is 16.1 Å². The van der Waals surface area contributed by atoms with Crippen molar-refractivity contribution in [2.75, 3.05) is 20.2 Å². The van der Waals surface area contributed by atoms with E-state index in [1.54, 1.807) is 12.0 Å². The highest BCUT2D eigenvalue weighted by atomic mass is 32.1. The summed E-state index contributed by atoms with van der Waals surface area (Å²) < 4.78 is 5.09. The first-order valence-electron chi connectivity index (χ1n) is 8.14. The summed E-state index contributed by atoms with van der Waals surface area (Å²) in [5, 5.41) is 9.76. The number of likely N-dealkylation sites (tertiary alicyclic amines) is 1. The number of rotatable bonds is 6. The smallest absolute Gasteiger partial charge is 0.311 e. The SMILES string of the molecule is COCc1ccc(C(=O)N2CCCC(CC3CC3)(C(=O)O)C2)s1. The van der Waals surface area contributed by atoms with Crippen LogP contribution in [0.25, 0.3) is 0 Å². The number of carbonyl (C=O) groups excluding carboxylic acids is 1. The molecular formula is C17H23NO4S. The summed E-state index contributed by atoms with van der Waals surface area (Å²) in [4.78, 5) is 28.0. The molecule has 1 atom stereocenters. The zero-order valence-electron chi connectivity index (χ0n) is 13.4. The molecule has 1 saturated heterocycles. The Balaban J connectivity index is 1.73. The van der Waals surface area contributed by atoms with E-state index in [2.05, 4.69) is 0 Å². The maximum absolute atomic E-state index is 12.7. The van der Waals surface area contributed by atoms with E-state index in [0.717, 1.165) is 24.1 Å². The Hall–Kier alpha value is -1.40. The van der Waals surface area contributed by atoms with Crippen molar-refractivity contribution in [3.8, 4) is 0 Å². The molecule has 0 bridgehead atoms. The number of aliphatic carboxylic acids is 1. The molecule has 0 aromatic carbocycles. The van der Waals surface area contributed by atoms with E-state index >= 15 is 0 Å². The molecule has 23 heavy (non-hydrogen) atoms. The van der Waals surface area contributed by atoms with Crippen molar-refractivity contribution in [2.24, 2.45) is 11.3 Å². The van der Waals surface area contributed by atoms with Crippen molar-refractivity contribution in [1.82, 2.24) is 4.90 Å². The third kappa shape index (κ3) is 3.58. The van der Waals surface area contributed by atoms with E-state index in [-0.39, 0.29) is 5.91 Å². The maximum Gasteiger partial charge on any atom is 0.311 e. The summed E-state index contributed by atoms with van der Waals surface area (Å²) in [7, 11) is 1.63. The van der Waals surface area contributed by atoms with Crippen LogP contribution in [0.2, 0.25) is 0 Å². The monoisotopic (exact) mass is 337 g/mol. The van der Waals surface area contributed by atoms with E-state index in [1.807, 2.05) is 12.1 Å². The van der Waals surface area contributed by atoms with Crippen LogP contribution in [-0.4, -0.2) is 42.1 Å². The summed E-state index contributed by atoms with van der Waals surface area (Å²) in [5.74, 6) is -0.247. The lowest BCUT2D eigenvalue weighted by molar-refractivity contribution is -0.152. The van der Waals surface area contributed by atoms with Crippen molar-refractivity contribution in [1.29, 1.82) is 0 Å². The average molecular weight is 337 g/mol. The standard InChI is InChI=1S/C17H23NO4S/c1-22-10-13-5-6-14(23-13)15(19)18-8-2-7-17(11-18,16(20)21)9-12-3-4-12/h5-6,12H,2-4,7-11H2,1H3,(H,20,21).